The third kappa shape index (κ3) is 22.7. The van der Waals surface area contributed by atoms with E-state index in [4.69, 9.17) is 28.7 Å². The third-order valence-corrected chi connectivity index (χ3v) is 14.2. The average molecular weight is 1230 g/mol. The summed E-state index contributed by atoms with van der Waals surface area (Å²) in [6, 6.07) is 9.31. The maximum Gasteiger partial charge on any atom is 0.251 e. The SMILES string of the molecule is CC(C)C[C@@H]1NC(=O)[C@@H](Cc2ccccc2)NC(=O)[C@H](CCN)NC(=O)[C@@H](NC(=O)[C@H](CN)NC(=O)[C@@H](NC(=O)[C@H](CCN)NC(=O)c2ccc(-c3ccccc3)cc2)[C@@H](C)O)CCNC(=O)[C@H]([C@@H](C)O)NC(=O)[C@H](CCN)NC(=O)[C@H](CCN)NC1=O. The van der Waals surface area contributed by atoms with Crippen molar-refractivity contribution in [2.45, 2.75) is 145 Å². The fourth-order valence-electron chi connectivity index (χ4n) is 9.35. The van der Waals surface area contributed by atoms with Gasteiger partial charge in [0, 0.05) is 25.1 Å². The van der Waals surface area contributed by atoms with E-state index in [-0.39, 0.29) is 76.2 Å². The smallest absolute Gasteiger partial charge is 0.251 e. The van der Waals surface area contributed by atoms with Crippen molar-refractivity contribution in [2.24, 2.45) is 34.6 Å². The summed E-state index contributed by atoms with van der Waals surface area (Å²) in [6.07, 6.45) is -4.44. The number of carbonyl (C=O) groups excluding carboxylic acids is 11. The van der Waals surface area contributed by atoms with Gasteiger partial charge in [0.25, 0.3) is 5.91 Å². The van der Waals surface area contributed by atoms with Crippen molar-refractivity contribution in [3.8, 4) is 11.1 Å². The average Bonchev–Trinajstić information content (AvgIpc) is 3.56. The Balaban J connectivity index is 1.67. The summed E-state index contributed by atoms with van der Waals surface area (Å²) < 4.78 is 0. The van der Waals surface area contributed by atoms with Gasteiger partial charge in [0.15, 0.2) is 0 Å². The molecule has 482 valence electrons. The maximum absolute atomic E-state index is 14.5. The van der Waals surface area contributed by atoms with Gasteiger partial charge >= 0.3 is 0 Å². The number of amides is 11. The molecular formula is C59H88N16O13. The third-order valence-electron chi connectivity index (χ3n) is 14.2. The first-order chi connectivity index (χ1) is 41.9. The van der Waals surface area contributed by atoms with Crippen LogP contribution in [0, 0.1) is 5.92 Å². The second kappa shape index (κ2) is 36.6. The number of aliphatic hydroxyl groups excluding tert-OH is 2. The summed E-state index contributed by atoms with van der Waals surface area (Å²) in [6.45, 7) is 4.24. The van der Waals surface area contributed by atoms with Gasteiger partial charge < -0.3 is 97.4 Å². The summed E-state index contributed by atoms with van der Waals surface area (Å²) in [5.74, 6) is -10.5. The van der Waals surface area contributed by atoms with Gasteiger partial charge in [-0.25, -0.2) is 0 Å². The molecule has 1 fully saturated rings. The standard InChI is InChI=1S/C59H88N16O13/c1-32(2)29-44-55(84)69-39(19-24-60)50(79)68-42(22-27-63)54(83)74-47(33(3)76)58(87)65-28-23-43(52(81)67-40(20-25-61)51(80)72-45(56(85)71-44)30-35-11-7-5-8-12-35)70-57(86)46(31-64)73-59(88)48(34(4)77)75-53(82)41(21-26-62)66-49(78)38-17-15-37(16-18-38)36-13-9-6-10-14-36/h5-18,32-34,39-48,76-77H,19-31,60-64H2,1-4H3,(H,65,87)(H,66,78)(H,67,81)(H,68,79)(H,69,84)(H,70,86)(H,71,85)(H,72,80)(H,73,88)(H,74,83)(H,75,82)/t33-,34-,39+,40+,41+,42+,43+,44+,45-,46+,47+,48+/m1/s1. The highest BCUT2D eigenvalue weighted by Gasteiger charge is 2.37. The Labute approximate surface area is 511 Å². The lowest BCUT2D eigenvalue weighted by atomic mass is 10.00. The molecule has 23 N–H and O–H groups in total. The van der Waals surface area contributed by atoms with Crippen LogP contribution in [0.25, 0.3) is 11.1 Å². The predicted molar refractivity (Wildman–Crippen MR) is 325 cm³/mol. The molecule has 3 aromatic carbocycles. The van der Waals surface area contributed by atoms with E-state index in [0.29, 0.717) is 5.56 Å². The molecular weight excluding hydrogens is 1140 g/mol. The Morgan fingerprint density at radius 3 is 1.52 bits per heavy atom. The lowest BCUT2D eigenvalue weighted by molar-refractivity contribution is -0.136. The molecule has 1 aliphatic heterocycles. The summed E-state index contributed by atoms with van der Waals surface area (Å²) in [4.78, 5) is 154. The highest BCUT2D eigenvalue weighted by atomic mass is 16.3. The molecule has 1 saturated heterocycles. The summed E-state index contributed by atoms with van der Waals surface area (Å²) in [5, 5.41) is 49.4. The van der Waals surface area contributed by atoms with Gasteiger partial charge in [-0.15, -0.1) is 0 Å². The Kier molecular flexibility index (Phi) is 30.0. The number of carbonyl (C=O) groups is 11. The number of hydrogen-bond acceptors (Lipinski definition) is 18. The van der Waals surface area contributed by atoms with Gasteiger partial charge in [0.1, 0.15) is 60.4 Å². The molecule has 0 bridgehead atoms. The minimum Gasteiger partial charge on any atom is -0.391 e. The van der Waals surface area contributed by atoms with Crippen LogP contribution >= 0.6 is 0 Å². The number of nitrogens with one attached hydrogen (secondary N) is 11. The maximum atomic E-state index is 14.5. The van der Waals surface area contributed by atoms with Crippen molar-refractivity contribution in [1.82, 2.24) is 58.5 Å². The highest BCUT2D eigenvalue weighted by molar-refractivity contribution is 6.01. The number of nitrogens with two attached hydrogens (primary N) is 5. The molecule has 4 rings (SSSR count). The Hall–Kier alpha value is -8.45. The second-order valence-corrected chi connectivity index (χ2v) is 21.8. The number of hydrogen-bond donors (Lipinski definition) is 18. The van der Waals surface area contributed by atoms with Crippen LogP contribution in [-0.2, 0) is 54.4 Å². The van der Waals surface area contributed by atoms with Crippen molar-refractivity contribution in [1.29, 1.82) is 0 Å². The molecule has 0 aromatic heterocycles. The molecule has 1 aliphatic rings. The van der Waals surface area contributed by atoms with Gasteiger partial charge in [0.05, 0.1) is 12.2 Å². The molecule has 1 heterocycles. The molecule has 0 aliphatic carbocycles. The number of benzene rings is 3. The minimum absolute atomic E-state index is 0.0379. The topological polar surface area (TPSA) is 491 Å². The van der Waals surface area contributed by atoms with Crippen LogP contribution in [-0.4, -0.2) is 187 Å². The predicted octanol–water partition coefficient (Wildman–Crippen LogP) is -5.26. The van der Waals surface area contributed by atoms with Gasteiger partial charge in [-0.2, -0.15) is 0 Å². The molecule has 11 amide bonds. The van der Waals surface area contributed by atoms with Crippen molar-refractivity contribution in [3.05, 3.63) is 96.1 Å². The first-order valence-corrected chi connectivity index (χ1v) is 29.3. The lowest BCUT2D eigenvalue weighted by Gasteiger charge is -2.28. The first-order valence-electron chi connectivity index (χ1n) is 29.3. The van der Waals surface area contributed by atoms with E-state index in [1.165, 1.54) is 13.8 Å². The summed E-state index contributed by atoms with van der Waals surface area (Å²) in [7, 11) is 0. The Morgan fingerprint density at radius 2 is 1.01 bits per heavy atom. The fraction of sp³-hybridized carbons (Fsp3) is 0.508. The normalized spacial score (nSPS) is 22.0. The highest BCUT2D eigenvalue weighted by Crippen LogP contribution is 2.20. The van der Waals surface area contributed by atoms with E-state index in [9.17, 15) is 63.0 Å². The summed E-state index contributed by atoms with van der Waals surface area (Å²) >= 11 is 0. The molecule has 29 heteroatoms. The van der Waals surface area contributed by atoms with Crippen molar-refractivity contribution >= 4 is 65.0 Å². The number of rotatable bonds is 24. The van der Waals surface area contributed by atoms with E-state index in [0.717, 1.165) is 11.1 Å². The van der Waals surface area contributed by atoms with Crippen LogP contribution in [0.3, 0.4) is 0 Å². The summed E-state index contributed by atoms with van der Waals surface area (Å²) in [5.41, 5.74) is 32.0. The zero-order chi connectivity index (χ0) is 65.0. The molecule has 0 unspecified atom stereocenters. The van der Waals surface area contributed by atoms with Crippen LogP contribution in [0.15, 0.2) is 84.9 Å². The van der Waals surface area contributed by atoms with Gasteiger partial charge in [-0.05, 0) is 113 Å². The van der Waals surface area contributed by atoms with Crippen LogP contribution in [0.2, 0.25) is 0 Å². The fourth-order valence-corrected chi connectivity index (χ4v) is 9.35. The molecule has 29 nitrogen and oxygen atoms in total. The molecule has 0 radical (unpaired) electrons. The monoisotopic (exact) mass is 1230 g/mol. The zero-order valence-electron chi connectivity index (χ0n) is 50.1. The van der Waals surface area contributed by atoms with Crippen molar-refractivity contribution < 1.29 is 63.0 Å². The molecule has 0 spiro atoms. The van der Waals surface area contributed by atoms with Crippen LogP contribution in [0.4, 0.5) is 0 Å². The second-order valence-electron chi connectivity index (χ2n) is 21.8. The van der Waals surface area contributed by atoms with Gasteiger partial charge in [-0.3, -0.25) is 52.7 Å². The molecule has 12 atom stereocenters. The lowest BCUT2D eigenvalue weighted by Crippen LogP contribution is -2.63. The Bertz CT molecular complexity index is 2810. The first kappa shape index (κ1) is 72.0. The number of aliphatic hydroxyl groups is 2. The molecule has 88 heavy (non-hydrogen) atoms. The van der Waals surface area contributed by atoms with E-state index < -0.39 is 157 Å². The van der Waals surface area contributed by atoms with Gasteiger partial charge in [0.2, 0.25) is 59.1 Å². The Morgan fingerprint density at radius 1 is 0.523 bits per heavy atom. The van der Waals surface area contributed by atoms with E-state index in [1.807, 2.05) is 30.3 Å². The van der Waals surface area contributed by atoms with Crippen LogP contribution < -0.4 is 87.2 Å². The zero-order valence-corrected chi connectivity index (χ0v) is 50.1. The van der Waals surface area contributed by atoms with E-state index in [2.05, 4.69) is 58.5 Å². The van der Waals surface area contributed by atoms with Crippen molar-refractivity contribution in [2.75, 3.05) is 39.3 Å². The molecule has 3 aromatic rings. The van der Waals surface area contributed by atoms with E-state index >= 15 is 0 Å². The van der Waals surface area contributed by atoms with Crippen LogP contribution in [0.5, 0.6) is 0 Å². The largest absolute Gasteiger partial charge is 0.391 e. The van der Waals surface area contributed by atoms with Gasteiger partial charge in [-0.1, -0.05) is 86.6 Å². The minimum atomic E-state index is -1.77. The quantitative estimate of drug-likeness (QED) is 0.0398. The van der Waals surface area contributed by atoms with Crippen LogP contribution in [0.1, 0.15) is 82.1 Å². The van der Waals surface area contributed by atoms with Crippen molar-refractivity contribution in [3.63, 3.8) is 0 Å². The van der Waals surface area contributed by atoms with E-state index in [1.54, 1.807) is 68.4 Å². The molecule has 0 saturated carbocycles.